The van der Waals surface area contributed by atoms with Crippen LogP contribution in [0.15, 0.2) is 5.38 Å². The van der Waals surface area contributed by atoms with Gasteiger partial charge in [0.2, 0.25) is 0 Å². The third kappa shape index (κ3) is 3.02. The van der Waals surface area contributed by atoms with Gasteiger partial charge in [0.15, 0.2) is 0 Å². The fraction of sp³-hybridized carbons (Fsp3) is 0.667. The van der Waals surface area contributed by atoms with Gasteiger partial charge in [-0.05, 0) is 13.8 Å². The number of hydrogen-bond donors (Lipinski definition) is 3. The molecule has 5 heteroatoms. The van der Waals surface area contributed by atoms with Gasteiger partial charge in [0.05, 0.1) is 29.5 Å². The van der Waals surface area contributed by atoms with Crippen LogP contribution in [-0.2, 0) is 6.54 Å². The van der Waals surface area contributed by atoms with E-state index in [4.69, 9.17) is 10.2 Å². The standard InChI is InChI=1S/C9H16N2O2S/c1-7-11-8(4-14-7)3-10-9(2,5-12)6-13/h4,10,12-13H,3,5-6H2,1-2H3. The molecule has 1 aromatic heterocycles. The summed E-state index contributed by atoms with van der Waals surface area (Å²) in [6, 6.07) is 0. The Labute approximate surface area is 87.6 Å². The second-order valence-electron chi connectivity index (χ2n) is 3.59. The van der Waals surface area contributed by atoms with Crippen LogP contribution in [0, 0.1) is 6.92 Å². The molecule has 0 aliphatic heterocycles. The Hall–Kier alpha value is -0.490. The lowest BCUT2D eigenvalue weighted by Crippen LogP contribution is -2.48. The zero-order chi connectivity index (χ0) is 10.6. The highest BCUT2D eigenvalue weighted by atomic mass is 32.1. The van der Waals surface area contributed by atoms with Crippen molar-refractivity contribution in [3.63, 3.8) is 0 Å². The van der Waals surface area contributed by atoms with Gasteiger partial charge in [0.1, 0.15) is 0 Å². The number of thiazole rings is 1. The smallest absolute Gasteiger partial charge is 0.0897 e. The fourth-order valence-corrected chi connectivity index (χ4v) is 1.57. The minimum Gasteiger partial charge on any atom is -0.394 e. The van der Waals surface area contributed by atoms with Gasteiger partial charge < -0.3 is 15.5 Å². The van der Waals surface area contributed by atoms with E-state index in [1.54, 1.807) is 18.3 Å². The molecule has 4 nitrogen and oxygen atoms in total. The molecule has 80 valence electrons. The summed E-state index contributed by atoms with van der Waals surface area (Å²) in [6.07, 6.45) is 0. The predicted octanol–water partition coefficient (Wildman–Crippen LogP) is 0.284. The fourth-order valence-electron chi connectivity index (χ4n) is 0.955. The number of hydrogen-bond acceptors (Lipinski definition) is 5. The van der Waals surface area contributed by atoms with E-state index in [0.29, 0.717) is 6.54 Å². The van der Waals surface area contributed by atoms with Crippen LogP contribution in [-0.4, -0.2) is 33.9 Å². The first-order valence-electron chi connectivity index (χ1n) is 4.47. The molecule has 14 heavy (non-hydrogen) atoms. The summed E-state index contributed by atoms with van der Waals surface area (Å²) < 4.78 is 0. The quantitative estimate of drug-likeness (QED) is 0.661. The molecular weight excluding hydrogens is 200 g/mol. The number of rotatable bonds is 5. The topological polar surface area (TPSA) is 65.4 Å². The van der Waals surface area contributed by atoms with Gasteiger partial charge in [0.25, 0.3) is 0 Å². The second-order valence-corrected chi connectivity index (χ2v) is 4.65. The van der Waals surface area contributed by atoms with Gasteiger partial charge in [-0.1, -0.05) is 0 Å². The van der Waals surface area contributed by atoms with Crippen LogP contribution < -0.4 is 5.32 Å². The number of nitrogens with zero attached hydrogens (tertiary/aromatic N) is 1. The van der Waals surface area contributed by atoms with E-state index in [0.717, 1.165) is 10.7 Å². The van der Waals surface area contributed by atoms with Crippen molar-refractivity contribution >= 4 is 11.3 Å². The number of aromatic nitrogens is 1. The average Bonchev–Trinajstić information content (AvgIpc) is 2.61. The van der Waals surface area contributed by atoms with Crippen LogP contribution >= 0.6 is 11.3 Å². The van der Waals surface area contributed by atoms with Crippen molar-refractivity contribution in [2.45, 2.75) is 25.9 Å². The van der Waals surface area contributed by atoms with Crippen LogP contribution in [0.2, 0.25) is 0 Å². The lowest BCUT2D eigenvalue weighted by atomic mass is 10.1. The number of aryl methyl sites for hydroxylation is 1. The Balaban J connectivity index is 2.47. The van der Waals surface area contributed by atoms with E-state index >= 15 is 0 Å². The monoisotopic (exact) mass is 216 g/mol. The molecule has 0 radical (unpaired) electrons. The third-order valence-corrected chi connectivity index (χ3v) is 2.88. The van der Waals surface area contributed by atoms with Crippen LogP contribution in [0.1, 0.15) is 17.6 Å². The summed E-state index contributed by atoms with van der Waals surface area (Å²) in [5, 5.41) is 24.1. The first-order chi connectivity index (χ1) is 6.59. The Morgan fingerprint density at radius 2 is 2.14 bits per heavy atom. The predicted molar refractivity (Wildman–Crippen MR) is 56.3 cm³/mol. The molecule has 0 saturated carbocycles. The van der Waals surface area contributed by atoms with Gasteiger partial charge in [-0.3, -0.25) is 0 Å². The molecule has 0 fully saturated rings. The van der Waals surface area contributed by atoms with E-state index in [1.165, 1.54) is 0 Å². The molecule has 0 aliphatic carbocycles. The van der Waals surface area contributed by atoms with Crippen molar-refractivity contribution in [1.82, 2.24) is 10.3 Å². The van der Waals surface area contributed by atoms with E-state index < -0.39 is 5.54 Å². The van der Waals surface area contributed by atoms with E-state index in [-0.39, 0.29) is 13.2 Å². The molecule has 1 rings (SSSR count). The molecule has 0 saturated heterocycles. The summed E-state index contributed by atoms with van der Waals surface area (Å²) in [7, 11) is 0. The lowest BCUT2D eigenvalue weighted by molar-refractivity contribution is 0.103. The summed E-state index contributed by atoms with van der Waals surface area (Å²) >= 11 is 1.59. The summed E-state index contributed by atoms with van der Waals surface area (Å²) in [5.74, 6) is 0. The minimum absolute atomic E-state index is 0.0907. The normalized spacial score (nSPS) is 12.0. The van der Waals surface area contributed by atoms with Crippen molar-refractivity contribution < 1.29 is 10.2 Å². The van der Waals surface area contributed by atoms with Gasteiger partial charge in [-0.25, -0.2) is 4.98 Å². The third-order valence-electron chi connectivity index (χ3n) is 2.06. The Morgan fingerprint density at radius 1 is 1.50 bits per heavy atom. The number of aliphatic hydroxyl groups excluding tert-OH is 2. The number of aliphatic hydroxyl groups is 2. The highest BCUT2D eigenvalue weighted by Gasteiger charge is 2.21. The van der Waals surface area contributed by atoms with Crippen LogP contribution in [0.3, 0.4) is 0 Å². The maximum atomic E-state index is 9.03. The van der Waals surface area contributed by atoms with Gasteiger partial charge in [-0.2, -0.15) is 0 Å². The van der Waals surface area contributed by atoms with Crippen molar-refractivity contribution in [1.29, 1.82) is 0 Å². The second kappa shape index (κ2) is 4.84. The molecule has 0 amide bonds. The summed E-state index contributed by atoms with van der Waals surface area (Å²) in [4.78, 5) is 4.28. The highest BCUT2D eigenvalue weighted by Crippen LogP contribution is 2.09. The van der Waals surface area contributed by atoms with E-state index in [1.807, 2.05) is 12.3 Å². The minimum atomic E-state index is -0.627. The molecule has 1 aromatic rings. The van der Waals surface area contributed by atoms with Crippen LogP contribution in [0.4, 0.5) is 0 Å². The van der Waals surface area contributed by atoms with Crippen molar-refractivity contribution in [3.05, 3.63) is 16.1 Å². The lowest BCUT2D eigenvalue weighted by Gasteiger charge is -2.25. The van der Waals surface area contributed by atoms with Crippen molar-refractivity contribution in [2.24, 2.45) is 0 Å². The zero-order valence-corrected chi connectivity index (χ0v) is 9.27. The molecule has 3 N–H and O–H groups in total. The SMILES string of the molecule is Cc1nc(CNC(C)(CO)CO)cs1. The average molecular weight is 216 g/mol. The molecule has 0 atom stereocenters. The Morgan fingerprint density at radius 3 is 2.57 bits per heavy atom. The zero-order valence-electron chi connectivity index (χ0n) is 8.45. The molecule has 0 bridgehead atoms. The van der Waals surface area contributed by atoms with Gasteiger partial charge in [0, 0.05) is 11.9 Å². The Kier molecular flexibility index (Phi) is 4.00. The number of nitrogens with one attached hydrogen (secondary N) is 1. The molecule has 0 spiro atoms. The van der Waals surface area contributed by atoms with E-state index in [2.05, 4.69) is 10.3 Å². The van der Waals surface area contributed by atoms with E-state index in [9.17, 15) is 0 Å². The molecule has 0 unspecified atom stereocenters. The van der Waals surface area contributed by atoms with Crippen molar-refractivity contribution in [3.8, 4) is 0 Å². The van der Waals surface area contributed by atoms with Crippen LogP contribution in [0.25, 0.3) is 0 Å². The van der Waals surface area contributed by atoms with Crippen molar-refractivity contribution in [2.75, 3.05) is 13.2 Å². The Bertz CT molecular complexity index is 284. The first-order valence-corrected chi connectivity index (χ1v) is 5.35. The molecule has 0 aliphatic rings. The first kappa shape index (κ1) is 11.6. The highest BCUT2D eigenvalue weighted by molar-refractivity contribution is 7.09. The van der Waals surface area contributed by atoms with Gasteiger partial charge in [-0.15, -0.1) is 11.3 Å². The van der Waals surface area contributed by atoms with Crippen LogP contribution in [0.5, 0.6) is 0 Å². The largest absolute Gasteiger partial charge is 0.394 e. The molecule has 1 heterocycles. The molecule has 0 aromatic carbocycles. The summed E-state index contributed by atoms with van der Waals surface area (Å²) in [5.41, 5.74) is 0.318. The van der Waals surface area contributed by atoms with Gasteiger partial charge >= 0.3 is 0 Å². The summed E-state index contributed by atoms with van der Waals surface area (Å²) in [6.45, 7) is 4.11. The maximum absolute atomic E-state index is 9.03. The molecular formula is C9H16N2O2S. The maximum Gasteiger partial charge on any atom is 0.0897 e.